The molecule has 2 N–H and O–H groups in total. The van der Waals surface area contributed by atoms with Crippen molar-refractivity contribution in [1.82, 2.24) is 14.6 Å². The highest BCUT2D eigenvalue weighted by Crippen LogP contribution is 2.17. The first-order valence-corrected chi connectivity index (χ1v) is 7.11. The zero-order valence-corrected chi connectivity index (χ0v) is 11.3. The van der Waals surface area contributed by atoms with E-state index in [4.69, 9.17) is 5.11 Å². The fourth-order valence-corrected chi connectivity index (χ4v) is 2.50. The van der Waals surface area contributed by atoms with Crippen molar-refractivity contribution in [3.63, 3.8) is 0 Å². The molecule has 2 rings (SSSR count). The van der Waals surface area contributed by atoms with E-state index in [9.17, 15) is 9.59 Å². The molecule has 0 aliphatic carbocycles. The molecule has 0 unspecified atom stereocenters. The van der Waals surface area contributed by atoms with Gasteiger partial charge in [-0.25, -0.2) is 4.98 Å². The van der Waals surface area contributed by atoms with Crippen molar-refractivity contribution in [3.05, 3.63) is 22.1 Å². The summed E-state index contributed by atoms with van der Waals surface area (Å²) >= 11 is 2.40. The van der Waals surface area contributed by atoms with Gasteiger partial charge in [-0.2, -0.15) is 0 Å². The second-order valence-corrected chi connectivity index (χ2v) is 5.10. The minimum atomic E-state index is -0.820. The molecule has 0 radical (unpaired) electrons. The number of anilines is 1. The minimum absolute atomic E-state index is 0.115. The molecule has 0 aliphatic rings. The summed E-state index contributed by atoms with van der Waals surface area (Å²) in [6.45, 7) is 0. The Hall–Kier alpha value is -1.87. The number of aliphatic carboxylic acids is 1. The van der Waals surface area contributed by atoms with E-state index in [0.717, 1.165) is 17.2 Å². The lowest BCUT2D eigenvalue weighted by molar-refractivity contribution is -0.137. The highest BCUT2D eigenvalue weighted by atomic mass is 32.1. The van der Waals surface area contributed by atoms with Gasteiger partial charge in [-0.15, -0.1) is 16.4 Å². The van der Waals surface area contributed by atoms with E-state index < -0.39 is 5.97 Å². The number of carboxylic acids is 1. The summed E-state index contributed by atoms with van der Waals surface area (Å²) in [7, 11) is 0. The maximum Gasteiger partial charge on any atom is 0.303 e. The fourth-order valence-electron chi connectivity index (χ4n) is 1.32. The van der Waals surface area contributed by atoms with Crippen LogP contribution in [0.2, 0.25) is 0 Å². The van der Waals surface area contributed by atoms with Crippen LogP contribution in [0.15, 0.2) is 10.8 Å². The molecule has 2 aromatic rings. The van der Waals surface area contributed by atoms with Crippen LogP contribution in [0, 0.1) is 0 Å². The molecule has 0 saturated carbocycles. The average molecular weight is 298 g/mol. The normalized spacial score (nSPS) is 10.3. The molecule has 0 aromatic carbocycles. The molecular weight excluding hydrogens is 288 g/mol. The lowest BCUT2D eigenvalue weighted by atomic mass is 10.2. The van der Waals surface area contributed by atoms with Crippen LogP contribution >= 0.6 is 22.9 Å². The van der Waals surface area contributed by atoms with E-state index in [2.05, 4.69) is 19.9 Å². The van der Waals surface area contributed by atoms with Gasteiger partial charge < -0.3 is 5.11 Å². The largest absolute Gasteiger partial charge is 0.481 e. The van der Waals surface area contributed by atoms with Crippen molar-refractivity contribution < 1.29 is 14.7 Å². The Morgan fingerprint density at radius 2 is 2.21 bits per heavy atom. The van der Waals surface area contributed by atoms with Crippen molar-refractivity contribution >= 4 is 39.9 Å². The predicted octanol–water partition coefficient (Wildman–Crippen LogP) is 1.65. The molecule has 0 aliphatic heterocycles. The molecule has 0 atom stereocenters. The Bertz CT molecular complexity index is 567. The van der Waals surface area contributed by atoms with Crippen LogP contribution in [0.25, 0.3) is 0 Å². The molecule has 0 saturated heterocycles. The summed E-state index contributed by atoms with van der Waals surface area (Å²) in [5.74, 6) is -1.17. The predicted molar refractivity (Wildman–Crippen MR) is 70.6 cm³/mol. The molecule has 100 valence electrons. The zero-order chi connectivity index (χ0) is 13.7. The number of thiazole rings is 1. The number of aromatic nitrogens is 3. The third-order valence-corrected chi connectivity index (χ3v) is 3.50. The number of hydrogen-bond acceptors (Lipinski definition) is 7. The first-order valence-electron chi connectivity index (χ1n) is 5.40. The fraction of sp³-hybridized carbons (Fsp3) is 0.300. The van der Waals surface area contributed by atoms with Gasteiger partial charge in [-0.05, 0) is 24.4 Å². The van der Waals surface area contributed by atoms with Gasteiger partial charge >= 0.3 is 5.97 Å². The Kier molecular flexibility index (Phi) is 4.53. The lowest BCUT2D eigenvalue weighted by Crippen LogP contribution is -2.12. The molecule has 2 heterocycles. The quantitative estimate of drug-likeness (QED) is 0.840. The van der Waals surface area contributed by atoms with Crippen LogP contribution < -0.4 is 5.32 Å². The van der Waals surface area contributed by atoms with Gasteiger partial charge in [-0.3, -0.25) is 14.9 Å². The van der Waals surface area contributed by atoms with E-state index in [1.54, 1.807) is 10.8 Å². The highest BCUT2D eigenvalue weighted by molar-refractivity contribution is 7.14. The minimum Gasteiger partial charge on any atom is -0.481 e. The molecule has 1 amide bonds. The SMILES string of the molecule is O=C(O)CCCc1csc(NC(=O)c2csnn2)n1. The standard InChI is InChI=1S/C10H10N4O3S2/c15-8(16)3-1-2-6-4-18-10(11-6)12-9(17)7-5-19-14-13-7/h4-5H,1-3H2,(H,15,16)(H,11,12,17). The average Bonchev–Trinajstić information content (AvgIpc) is 2.99. The third kappa shape index (κ3) is 4.07. The van der Waals surface area contributed by atoms with Crippen LogP contribution in [0.1, 0.15) is 29.0 Å². The summed E-state index contributed by atoms with van der Waals surface area (Å²) in [5, 5.41) is 18.6. The molecule has 7 nitrogen and oxygen atoms in total. The summed E-state index contributed by atoms with van der Waals surface area (Å²) in [4.78, 5) is 26.3. The second kappa shape index (κ2) is 6.34. The number of rotatable bonds is 6. The molecular formula is C10H10N4O3S2. The monoisotopic (exact) mass is 298 g/mol. The van der Waals surface area contributed by atoms with E-state index in [1.165, 1.54) is 11.3 Å². The Labute approximate surface area is 116 Å². The van der Waals surface area contributed by atoms with Crippen molar-refractivity contribution in [2.45, 2.75) is 19.3 Å². The topological polar surface area (TPSA) is 105 Å². The zero-order valence-electron chi connectivity index (χ0n) is 9.70. The van der Waals surface area contributed by atoms with E-state index in [1.807, 2.05) is 0 Å². The van der Waals surface area contributed by atoms with Crippen LogP contribution in [0.3, 0.4) is 0 Å². The van der Waals surface area contributed by atoms with Crippen molar-refractivity contribution in [2.75, 3.05) is 5.32 Å². The van der Waals surface area contributed by atoms with Gasteiger partial charge in [0.15, 0.2) is 10.8 Å². The summed E-state index contributed by atoms with van der Waals surface area (Å²) in [5.41, 5.74) is 1.03. The molecule has 9 heteroatoms. The Morgan fingerprint density at radius 3 is 2.89 bits per heavy atom. The van der Waals surface area contributed by atoms with Crippen LogP contribution in [0.4, 0.5) is 5.13 Å². The molecule has 0 fully saturated rings. The van der Waals surface area contributed by atoms with Crippen molar-refractivity contribution in [2.24, 2.45) is 0 Å². The van der Waals surface area contributed by atoms with Crippen LogP contribution in [0.5, 0.6) is 0 Å². The first-order chi connectivity index (χ1) is 9.15. The van der Waals surface area contributed by atoms with Crippen LogP contribution in [-0.4, -0.2) is 31.6 Å². The van der Waals surface area contributed by atoms with Gasteiger partial charge in [0.05, 0.1) is 5.69 Å². The van der Waals surface area contributed by atoms with E-state index in [-0.39, 0.29) is 18.0 Å². The second-order valence-electron chi connectivity index (χ2n) is 3.64. The number of nitrogens with zero attached hydrogens (tertiary/aromatic N) is 3. The number of nitrogens with one attached hydrogen (secondary N) is 1. The van der Waals surface area contributed by atoms with E-state index in [0.29, 0.717) is 18.0 Å². The maximum atomic E-state index is 11.7. The summed E-state index contributed by atoms with van der Waals surface area (Å²) < 4.78 is 3.61. The van der Waals surface area contributed by atoms with Gasteiger partial charge in [0.25, 0.3) is 5.91 Å². The Morgan fingerprint density at radius 1 is 1.37 bits per heavy atom. The molecule has 0 bridgehead atoms. The maximum absolute atomic E-state index is 11.7. The molecule has 19 heavy (non-hydrogen) atoms. The van der Waals surface area contributed by atoms with Gasteiger partial charge in [0.2, 0.25) is 0 Å². The smallest absolute Gasteiger partial charge is 0.303 e. The van der Waals surface area contributed by atoms with Gasteiger partial charge in [-0.1, -0.05) is 4.49 Å². The molecule has 2 aromatic heterocycles. The first kappa shape index (κ1) is 13.6. The van der Waals surface area contributed by atoms with E-state index >= 15 is 0 Å². The number of carbonyl (C=O) groups excluding carboxylic acids is 1. The number of hydrogen-bond donors (Lipinski definition) is 2. The number of carboxylic acid groups (broad SMARTS) is 1. The summed E-state index contributed by atoms with van der Waals surface area (Å²) in [6.07, 6.45) is 1.23. The van der Waals surface area contributed by atoms with Gasteiger partial charge in [0, 0.05) is 17.2 Å². The number of carbonyl (C=O) groups is 2. The molecule has 0 spiro atoms. The summed E-state index contributed by atoms with van der Waals surface area (Å²) in [6, 6.07) is 0. The van der Waals surface area contributed by atoms with Crippen molar-refractivity contribution in [1.29, 1.82) is 0 Å². The lowest BCUT2D eigenvalue weighted by Gasteiger charge is -1.97. The van der Waals surface area contributed by atoms with Crippen molar-refractivity contribution in [3.8, 4) is 0 Å². The van der Waals surface area contributed by atoms with Gasteiger partial charge in [0.1, 0.15) is 0 Å². The number of amides is 1. The van der Waals surface area contributed by atoms with Crippen LogP contribution in [-0.2, 0) is 11.2 Å². The Balaban J connectivity index is 1.87. The highest BCUT2D eigenvalue weighted by Gasteiger charge is 2.11. The number of aryl methyl sites for hydroxylation is 1. The third-order valence-electron chi connectivity index (χ3n) is 2.19.